The van der Waals surface area contributed by atoms with Gasteiger partial charge >= 0.3 is 5.97 Å². The third-order valence-electron chi connectivity index (χ3n) is 1.75. The summed E-state index contributed by atoms with van der Waals surface area (Å²) in [6.07, 6.45) is 0. The molecule has 0 bridgehead atoms. The maximum Gasteiger partial charge on any atom is 0.384 e. The van der Waals surface area contributed by atoms with E-state index < -0.39 is 5.97 Å². The van der Waals surface area contributed by atoms with Gasteiger partial charge in [-0.3, -0.25) is 0 Å². The van der Waals surface area contributed by atoms with Crippen molar-refractivity contribution in [2.75, 3.05) is 13.2 Å². The van der Waals surface area contributed by atoms with Crippen LogP contribution in [0.5, 0.6) is 5.75 Å². The van der Waals surface area contributed by atoms with Crippen molar-refractivity contribution in [3.8, 4) is 17.6 Å². The molecular weight excluding hydrogens is 204 g/mol. The molecule has 1 rings (SSSR count). The molecular formula is C13H14O3. The predicted octanol–water partition coefficient (Wildman–Crippen LogP) is 2.00. The van der Waals surface area contributed by atoms with Gasteiger partial charge in [0.25, 0.3) is 0 Å². The summed E-state index contributed by atoms with van der Waals surface area (Å²) in [5.41, 5.74) is 0.761. The minimum absolute atomic E-state index is 0.344. The smallest absolute Gasteiger partial charge is 0.384 e. The fourth-order valence-electron chi connectivity index (χ4n) is 1.09. The predicted molar refractivity (Wildman–Crippen MR) is 61.1 cm³/mol. The van der Waals surface area contributed by atoms with Crippen molar-refractivity contribution in [2.45, 2.75) is 13.8 Å². The molecule has 0 saturated heterocycles. The fourth-order valence-corrected chi connectivity index (χ4v) is 1.09. The lowest BCUT2D eigenvalue weighted by molar-refractivity contribution is -0.136. The Morgan fingerprint density at radius 3 is 2.44 bits per heavy atom. The number of hydrogen-bond donors (Lipinski definition) is 0. The van der Waals surface area contributed by atoms with E-state index in [1.54, 1.807) is 19.1 Å². The van der Waals surface area contributed by atoms with Crippen LogP contribution in [0.4, 0.5) is 0 Å². The number of ether oxygens (including phenoxy) is 2. The lowest BCUT2D eigenvalue weighted by atomic mass is 10.2. The summed E-state index contributed by atoms with van der Waals surface area (Å²) in [6, 6.07) is 7.24. The first-order valence-electron chi connectivity index (χ1n) is 5.18. The molecule has 0 amide bonds. The van der Waals surface area contributed by atoms with E-state index >= 15 is 0 Å². The van der Waals surface area contributed by atoms with Crippen LogP contribution >= 0.6 is 0 Å². The van der Waals surface area contributed by atoms with Crippen molar-refractivity contribution in [1.82, 2.24) is 0 Å². The standard InChI is InChI=1S/C13H14O3/c1-3-15-12-8-5-11(6-9-12)7-10-13(14)16-4-2/h5-6,8-9H,3-4H2,1-2H3. The van der Waals surface area contributed by atoms with Crippen LogP contribution in [-0.2, 0) is 9.53 Å². The Labute approximate surface area is 95.4 Å². The largest absolute Gasteiger partial charge is 0.494 e. The van der Waals surface area contributed by atoms with Crippen LogP contribution in [0.1, 0.15) is 19.4 Å². The molecule has 1 aromatic rings. The molecule has 0 N–H and O–H groups in total. The minimum atomic E-state index is -0.503. The SMILES string of the molecule is CCOC(=O)C#Cc1ccc(OCC)cc1. The highest BCUT2D eigenvalue weighted by molar-refractivity contribution is 5.89. The van der Waals surface area contributed by atoms with Gasteiger partial charge in [-0.15, -0.1) is 0 Å². The molecule has 0 heterocycles. The first-order valence-corrected chi connectivity index (χ1v) is 5.18. The van der Waals surface area contributed by atoms with Crippen molar-refractivity contribution in [1.29, 1.82) is 0 Å². The van der Waals surface area contributed by atoms with Crippen molar-refractivity contribution in [2.24, 2.45) is 0 Å². The first-order chi connectivity index (χ1) is 7.76. The van der Waals surface area contributed by atoms with Gasteiger partial charge in [-0.05, 0) is 38.1 Å². The van der Waals surface area contributed by atoms with Gasteiger partial charge in [0.2, 0.25) is 0 Å². The van der Waals surface area contributed by atoms with E-state index in [2.05, 4.69) is 16.6 Å². The first kappa shape index (κ1) is 12.1. The molecule has 0 fully saturated rings. The van der Waals surface area contributed by atoms with Crippen LogP contribution in [-0.4, -0.2) is 19.2 Å². The molecule has 0 spiro atoms. The molecule has 3 nitrogen and oxygen atoms in total. The Bertz CT molecular complexity index is 395. The van der Waals surface area contributed by atoms with Crippen LogP contribution in [0.2, 0.25) is 0 Å². The van der Waals surface area contributed by atoms with Crippen molar-refractivity contribution in [3.05, 3.63) is 29.8 Å². The Kier molecular flexibility index (Phi) is 4.94. The average molecular weight is 218 g/mol. The summed E-state index contributed by atoms with van der Waals surface area (Å²) in [5, 5.41) is 0. The molecule has 0 aliphatic heterocycles. The summed E-state index contributed by atoms with van der Waals surface area (Å²) in [4.78, 5) is 11.0. The molecule has 0 unspecified atom stereocenters. The molecule has 0 aliphatic rings. The number of hydrogen-bond acceptors (Lipinski definition) is 3. The second kappa shape index (κ2) is 6.52. The number of carbonyl (C=O) groups excluding carboxylic acids is 1. The minimum Gasteiger partial charge on any atom is -0.494 e. The topological polar surface area (TPSA) is 35.5 Å². The fraction of sp³-hybridized carbons (Fsp3) is 0.308. The van der Waals surface area contributed by atoms with E-state index in [4.69, 9.17) is 4.74 Å². The lowest BCUT2D eigenvalue weighted by Crippen LogP contribution is -1.99. The lowest BCUT2D eigenvalue weighted by Gasteiger charge is -2.01. The molecule has 0 aliphatic carbocycles. The number of benzene rings is 1. The molecule has 0 aromatic heterocycles. The summed E-state index contributed by atoms with van der Waals surface area (Å²) < 4.78 is 9.97. The Balaban J connectivity index is 2.64. The van der Waals surface area contributed by atoms with Gasteiger partial charge in [0.15, 0.2) is 0 Å². The summed E-state index contributed by atoms with van der Waals surface area (Å²) >= 11 is 0. The van der Waals surface area contributed by atoms with E-state index in [-0.39, 0.29) is 0 Å². The highest BCUT2D eigenvalue weighted by Crippen LogP contribution is 2.10. The van der Waals surface area contributed by atoms with E-state index in [0.29, 0.717) is 13.2 Å². The van der Waals surface area contributed by atoms with Gasteiger partial charge in [0, 0.05) is 11.5 Å². The highest BCUT2D eigenvalue weighted by Gasteiger charge is 1.94. The third-order valence-corrected chi connectivity index (χ3v) is 1.75. The Hall–Kier alpha value is -1.95. The molecule has 0 radical (unpaired) electrons. The van der Waals surface area contributed by atoms with Gasteiger partial charge in [0.05, 0.1) is 13.2 Å². The van der Waals surface area contributed by atoms with E-state index in [9.17, 15) is 4.79 Å². The zero-order valence-corrected chi connectivity index (χ0v) is 9.45. The zero-order chi connectivity index (χ0) is 11.8. The summed E-state index contributed by atoms with van der Waals surface area (Å²) in [6.45, 7) is 4.65. The van der Waals surface area contributed by atoms with Crippen molar-refractivity contribution in [3.63, 3.8) is 0 Å². The second-order valence-electron chi connectivity index (χ2n) is 2.93. The zero-order valence-electron chi connectivity index (χ0n) is 9.45. The van der Waals surface area contributed by atoms with Gasteiger partial charge in [-0.2, -0.15) is 0 Å². The molecule has 16 heavy (non-hydrogen) atoms. The maximum atomic E-state index is 11.0. The third kappa shape index (κ3) is 4.05. The van der Waals surface area contributed by atoms with Crippen molar-refractivity contribution < 1.29 is 14.3 Å². The maximum absolute atomic E-state index is 11.0. The average Bonchev–Trinajstić information content (AvgIpc) is 2.29. The summed E-state index contributed by atoms with van der Waals surface area (Å²) in [5.74, 6) is 5.41. The number of rotatable bonds is 3. The van der Waals surface area contributed by atoms with Gasteiger partial charge < -0.3 is 9.47 Å². The monoisotopic (exact) mass is 218 g/mol. The Morgan fingerprint density at radius 2 is 1.88 bits per heavy atom. The van der Waals surface area contributed by atoms with E-state index in [0.717, 1.165) is 11.3 Å². The van der Waals surface area contributed by atoms with E-state index in [1.165, 1.54) is 0 Å². The Morgan fingerprint density at radius 1 is 1.19 bits per heavy atom. The molecule has 84 valence electrons. The van der Waals surface area contributed by atoms with E-state index in [1.807, 2.05) is 19.1 Å². The summed E-state index contributed by atoms with van der Waals surface area (Å²) in [7, 11) is 0. The van der Waals surface area contributed by atoms with Crippen LogP contribution in [0.15, 0.2) is 24.3 Å². The molecule has 0 saturated carbocycles. The molecule has 1 aromatic carbocycles. The van der Waals surface area contributed by atoms with Crippen LogP contribution in [0, 0.1) is 11.8 Å². The van der Waals surface area contributed by atoms with Crippen LogP contribution < -0.4 is 4.74 Å². The van der Waals surface area contributed by atoms with Crippen molar-refractivity contribution >= 4 is 5.97 Å². The van der Waals surface area contributed by atoms with Gasteiger partial charge in [-0.25, -0.2) is 4.79 Å². The van der Waals surface area contributed by atoms with Crippen LogP contribution in [0.25, 0.3) is 0 Å². The number of carbonyl (C=O) groups is 1. The van der Waals surface area contributed by atoms with Crippen LogP contribution in [0.3, 0.4) is 0 Å². The normalized spacial score (nSPS) is 8.88. The second-order valence-corrected chi connectivity index (χ2v) is 2.93. The quantitative estimate of drug-likeness (QED) is 0.575. The molecule has 0 atom stereocenters. The highest BCUT2D eigenvalue weighted by atomic mass is 16.5. The van der Waals surface area contributed by atoms with Gasteiger partial charge in [0.1, 0.15) is 5.75 Å². The molecule has 3 heteroatoms. The van der Waals surface area contributed by atoms with Gasteiger partial charge in [-0.1, -0.05) is 5.92 Å². The number of esters is 1.